The maximum atomic E-state index is 14.5. The number of nitrogens with zero attached hydrogens (tertiary/aromatic N) is 2. The average Bonchev–Trinajstić information content (AvgIpc) is 3.04. The van der Waals surface area contributed by atoms with E-state index in [4.69, 9.17) is 0 Å². The number of hydrogen-bond donors (Lipinski definition) is 0. The summed E-state index contributed by atoms with van der Waals surface area (Å²) in [6.45, 7) is 1.84. The van der Waals surface area contributed by atoms with Gasteiger partial charge in [0, 0.05) is 14.1 Å². The van der Waals surface area contributed by atoms with Crippen LogP contribution in [0.3, 0.4) is 0 Å². The van der Waals surface area contributed by atoms with Gasteiger partial charge >= 0.3 is 0 Å². The van der Waals surface area contributed by atoms with Gasteiger partial charge in [0.25, 0.3) is 0 Å². The van der Waals surface area contributed by atoms with E-state index in [1.165, 1.54) is 18.2 Å². The van der Waals surface area contributed by atoms with Gasteiger partial charge in [-0.1, -0.05) is 66.7 Å². The fraction of sp³-hybridized carbons (Fsp3) is 0.0455. The average molecular weight is 378 g/mol. The van der Waals surface area contributed by atoms with E-state index in [1.54, 1.807) is 10.8 Å². The number of halogens is 2. The molecule has 0 unspecified atom stereocenters. The standard InChI is InChI=1S/C22H17F2N2P/c1-16-15-26(21-19(23)13-8-14-20(21)24)22(25-16)27(17-9-4-2-5-10-17)18-11-6-3-7-12-18/h2-15H,1H3. The Hall–Kier alpha value is -2.84. The van der Waals surface area contributed by atoms with Crippen molar-refractivity contribution in [2.45, 2.75) is 6.92 Å². The third kappa shape index (κ3) is 3.41. The van der Waals surface area contributed by atoms with Crippen LogP contribution in [-0.4, -0.2) is 9.55 Å². The normalized spacial score (nSPS) is 11.1. The van der Waals surface area contributed by atoms with Gasteiger partial charge in [0.1, 0.15) is 22.9 Å². The predicted octanol–water partition coefficient (Wildman–Crippen LogP) is 4.22. The van der Waals surface area contributed by atoms with Gasteiger partial charge < -0.3 is 0 Å². The summed E-state index contributed by atoms with van der Waals surface area (Å²) in [6.07, 6.45) is 1.69. The largest absolute Gasteiger partial charge is 0.294 e. The summed E-state index contributed by atoms with van der Waals surface area (Å²) in [4.78, 5) is 4.68. The molecule has 0 aliphatic rings. The van der Waals surface area contributed by atoms with Gasteiger partial charge in [-0.3, -0.25) is 4.57 Å². The van der Waals surface area contributed by atoms with E-state index in [2.05, 4.69) is 4.98 Å². The zero-order chi connectivity index (χ0) is 18.8. The zero-order valence-corrected chi connectivity index (χ0v) is 15.6. The van der Waals surface area contributed by atoms with Crippen molar-refractivity contribution in [2.24, 2.45) is 0 Å². The van der Waals surface area contributed by atoms with Gasteiger partial charge in [-0.05, 0) is 29.7 Å². The van der Waals surface area contributed by atoms with Crippen molar-refractivity contribution in [1.82, 2.24) is 9.55 Å². The van der Waals surface area contributed by atoms with Gasteiger partial charge in [-0.2, -0.15) is 0 Å². The molecule has 0 spiro atoms. The number of aryl methyl sites for hydroxylation is 1. The van der Waals surface area contributed by atoms with E-state index < -0.39 is 19.6 Å². The van der Waals surface area contributed by atoms with Crippen LogP contribution >= 0.6 is 7.92 Å². The molecule has 3 aromatic carbocycles. The lowest BCUT2D eigenvalue weighted by Crippen LogP contribution is -2.28. The SMILES string of the molecule is Cc1cn(-c2c(F)cccc2F)c(P(c2ccccc2)c2ccccc2)n1. The quantitative estimate of drug-likeness (QED) is 0.487. The molecule has 0 aliphatic carbocycles. The van der Waals surface area contributed by atoms with E-state index in [-0.39, 0.29) is 5.69 Å². The molecular formula is C22H17F2N2P. The summed E-state index contributed by atoms with van der Waals surface area (Å²) >= 11 is 0. The van der Waals surface area contributed by atoms with Crippen LogP contribution in [0.25, 0.3) is 5.69 Å². The minimum atomic E-state index is -1.08. The molecule has 5 heteroatoms. The molecule has 0 saturated carbocycles. The zero-order valence-electron chi connectivity index (χ0n) is 14.7. The summed E-state index contributed by atoms with van der Waals surface area (Å²) in [5.41, 5.74) is 1.27. The molecule has 0 radical (unpaired) electrons. The summed E-state index contributed by atoms with van der Waals surface area (Å²) in [6, 6.07) is 23.8. The highest BCUT2D eigenvalue weighted by molar-refractivity contribution is 7.79. The molecule has 2 nitrogen and oxygen atoms in total. The molecule has 4 aromatic rings. The number of para-hydroxylation sites is 1. The van der Waals surface area contributed by atoms with Crippen molar-refractivity contribution in [2.75, 3.05) is 0 Å². The van der Waals surface area contributed by atoms with Crippen LogP contribution in [0.4, 0.5) is 8.78 Å². The maximum Gasteiger partial charge on any atom is 0.150 e. The molecule has 0 aliphatic heterocycles. The van der Waals surface area contributed by atoms with Crippen molar-refractivity contribution in [1.29, 1.82) is 0 Å². The molecule has 0 amide bonds. The van der Waals surface area contributed by atoms with Crippen molar-refractivity contribution in [3.63, 3.8) is 0 Å². The van der Waals surface area contributed by atoms with Gasteiger partial charge in [-0.25, -0.2) is 13.8 Å². The highest BCUT2D eigenvalue weighted by atomic mass is 31.1. The Morgan fingerprint density at radius 2 is 1.26 bits per heavy atom. The van der Waals surface area contributed by atoms with E-state index in [0.717, 1.165) is 10.6 Å². The highest BCUT2D eigenvalue weighted by Crippen LogP contribution is 2.33. The lowest BCUT2D eigenvalue weighted by atomic mass is 10.3. The van der Waals surface area contributed by atoms with Crippen LogP contribution in [0, 0.1) is 18.6 Å². The van der Waals surface area contributed by atoms with Crippen LogP contribution in [0.5, 0.6) is 0 Å². The number of imidazole rings is 1. The fourth-order valence-corrected chi connectivity index (χ4v) is 5.39. The van der Waals surface area contributed by atoms with Gasteiger partial charge in [0.05, 0.1) is 5.69 Å². The smallest absolute Gasteiger partial charge is 0.150 e. The fourth-order valence-electron chi connectivity index (χ4n) is 3.06. The van der Waals surface area contributed by atoms with Gasteiger partial charge in [0.2, 0.25) is 0 Å². The summed E-state index contributed by atoms with van der Waals surface area (Å²) < 4.78 is 30.6. The molecule has 0 fully saturated rings. The second kappa shape index (κ2) is 7.42. The number of hydrogen-bond acceptors (Lipinski definition) is 1. The molecule has 1 aromatic heterocycles. The van der Waals surface area contributed by atoms with Crippen LogP contribution in [0.2, 0.25) is 0 Å². The number of rotatable bonds is 4. The predicted molar refractivity (Wildman–Crippen MR) is 107 cm³/mol. The third-order valence-corrected chi connectivity index (χ3v) is 6.56. The Labute approximate surface area is 157 Å². The Morgan fingerprint density at radius 3 is 1.78 bits per heavy atom. The van der Waals surface area contributed by atoms with Crippen molar-refractivity contribution in [3.05, 3.63) is 102 Å². The Bertz CT molecular complexity index is 1000. The van der Waals surface area contributed by atoms with Gasteiger partial charge in [-0.15, -0.1) is 0 Å². The van der Waals surface area contributed by atoms with Crippen molar-refractivity contribution in [3.8, 4) is 5.69 Å². The first kappa shape index (κ1) is 17.6. The second-order valence-corrected chi connectivity index (χ2v) is 8.23. The summed E-state index contributed by atoms with van der Waals surface area (Å²) in [5.74, 6) is -1.21. The lowest BCUT2D eigenvalue weighted by molar-refractivity contribution is 0.570. The monoisotopic (exact) mass is 378 g/mol. The van der Waals surface area contributed by atoms with Crippen LogP contribution in [-0.2, 0) is 0 Å². The molecule has 1 heterocycles. The first-order chi connectivity index (χ1) is 13.1. The van der Waals surface area contributed by atoms with E-state index >= 15 is 0 Å². The van der Waals surface area contributed by atoms with E-state index in [1.807, 2.05) is 67.6 Å². The molecule has 0 atom stereocenters. The minimum absolute atomic E-state index is 0.0903. The molecule has 27 heavy (non-hydrogen) atoms. The Morgan fingerprint density at radius 1 is 0.741 bits per heavy atom. The van der Waals surface area contributed by atoms with E-state index in [0.29, 0.717) is 11.3 Å². The number of aromatic nitrogens is 2. The van der Waals surface area contributed by atoms with Crippen LogP contribution in [0.1, 0.15) is 5.69 Å². The third-order valence-electron chi connectivity index (χ3n) is 4.21. The maximum absolute atomic E-state index is 14.5. The summed E-state index contributed by atoms with van der Waals surface area (Å²) in [7, 11) is -1.08. The van der Waals surface area contributed by atoms with E-state index in [9.17, 15) is 8.78 Å². The van der Waals surface area contributed by atoms with Crippen LogP contribution in [0.15, 0.2) is 85.1 Å². The minimum Gasteiger partial charge on any atom is -0.294 e. The Kier molecular flexibility index (Phi) is 4.83. The molecule has 0 bridgehead atoms. The number of benzene rings is 3. The highest BCUT2D eigenvalue weighted by Gasteiger charge is 2.25. The second-order valence-electron chi connectivity index (χ2n) is 6.13. The molecule has 134 valence electrons. The van der Waals surface area contributed by atoms with Crippen LogP contribution < -0.4 is 16.2 Å². The van der Waals surface area contributed by atoms with Gasteiger partial charge in [0.15, 0.2) is 0 Å². The topological polar surface area (TPSA) is 17.8 Å². The molecule has 0 N–H and O–H groups in total. The Balaban J connectivity index is 1.98. The first-order valence-electron chi connectivity index (χ1n) is 8.56. The lowest BCUT2D eigenvalue weighted by Gasteiger charge is -2.20. The molecule has 4 rings (SSSR count). The summed E-state index contributed by atoms with van der Waals surface area (Å²) in [5, 5.41) is 2.14. The molecular weight excluding hydrogens is 361 g/mol. The van der Waals surface area contributed by atoms with Crippen molar-refractivity contribution < 1.29 is 8.78 Å². The first-order valence-corrected chi connectivity index (χ1v) is 9.90. The van der Waals surface area contributed by atoms with Crippen molar-refractivity contribution >= 4 is 24.1 Å². The molecule has 0 saturated heterocycles.